The number of nitrogens with zero attached hydrogens (tertiary/aromatic N) is 2. The van der Waals surface area contributed by atoms with Crippen LogP contribution >= 0.6 is 0 Å². The predicted molar refractivity (Wildman–Crippen MR) is 92.4 cm³/mol. The van der Waals surface area contributed by atoms with Crippen molar-refractivity contribution < 1.29 is 4.79 Å². The number of rotatable bonds is 6. The Morgan fingerprint density at radius 3 is 2.48 bits per heavy atom. The highest BCUT2D eigenvalue weighted by atomic mass is 16.2. The molecule has 0 aliphatic carbocycles. The number of hydrogen-bond donors (Lipinski definition) is 1. The quantitative estimate of drug-likeness (QED) is 0.891. The van der Waals surface area contributed by atoms with Crippen molar-refractivity contribution in [1.82, 2.24) is 15.1 Å². The smallest absolute Gasteiger partial charge is 0.275 e. The molecular weight excluding hydrogens is 290 g/mol. The Hall–Kier alpha value is -2.17. The van der Waals surface area contributed by atoms with E-state index in [9.17, 15) is 9.59 Å². The summed E-state index contributed by atoms with van der Waals surface area (Å²) in [6, 6.07) is 7.44. The van der Waals surface area contributed by atoms with Crippen LogP contribution < -0.4 is 10.9 Å². The van der Waals surface area contributed by atoms with E-state index in [0.717, 1.165) is 23.9 Å². The first-order valence-electron chi connectivity index (χ1n) is 8.14. The number of carbonyl (C=O) groups is 1. The van der Waals surface area contributed by atoms with Gasteiger partial charge in [0, 0.05) is 11.4 Å². The van der Waals surface area contributed by atoms with Crippen molar-refractivity contribution >= 4 is 16.7 Å². The molecule has 0 aliphatic rings. The van der Waals surface area contributed by atoms with Crippen LogP contribution in [-0.2, 0) is 11.3 Å². The van der Waals surface area contributed by atoms with Gasteiger partial charge in [0.25, 0.3) is 5.56 Å². The number of fused-ring (bicyclic) bond motifs is 1. The summed E-state index contributed by atoms with van der Waals surface area (Å²) in [5, 5.41) is 8.64. The summed E-state index contributed by atoms with van der Waals surface area (Å²) in [4.78, 5) is 24.6. The third kappa shape index (κ3) is 4.41. The Morgan fingerprint density at radius 2 is 1.83 bits per heavy atom. The summed E-state index contributed by atoms with van der Waals surface area (Å²) in [6.07, 6.45) is 2.00. The topological polar surface area (TPSA) is 64.0 Å². The van der Waals surface area contributed by atoms with Crippen LogP contribution in [0.3, 0.4) is 0 Å². The summed E-state index contributed by atoms with van der Waals surface area (Å²) in [7, 11) is 0. The molecule has 1 N–H and O–H groups in total. The van der Waals surface area contributed by atoms with Crippen molar-refractivity contribution in [2.24, 2.45) is 5.92 Å². The van der Waals surface area contributed by atoms with E-state index in [1.807, 2.05) is 32.0 Å². The Labute approximate surface area is 136 Å². The number of amides is 1. The van der Waals surface area contributed by atoms with Crippen LogP contribution in [0.25, 0.3) is 10.8 Å². The monoisotopic (exact) mass is 315 g/mol. The first-order valence-corrected chi connectivity index (χ1v) is 8.14. The first-order chi connectivity index (χ1) is 10.9. The van der Waals surface area contributed by atoms with Crippen molar-refractivity contribution in [1.29, 1.82) is 0 Å². The standard InChI is InChI=1S/C18H25N3O2/c1-12(2)9-10-13(3)19-17(22)11-21-18(23)16-8-6-5-7-15(16)14(4)20-21/h5-8,12-13H,9-11H2,1-4H3,(H,19,22). The Bertz CT molecular complexity index is 750. The molecule has 1 heterocycles. The average Bonchev–Trinajstić information content (AvgIpc) is 2.50. The Kier molecular flexibility index (Phi) is 5.53. The Balaban J connectivity index is 2.11. The summed E-state index contributed by atoms with van der Waals surface area (Å²) in [6.45, 7) is 8.12. The van der Waals surface area contributed by atoms with E-state index in [1.165, 1.54) is 4.68 Å². The van der Waals surface area contributed by atoms with Crippen LogP contribution in [0.15, 0.2) is 29.1 Å². The normalized spacial score (nSPS) is 12.6. The second-order valence-corrected chi connectivity index (χ2v) is 6.53. The lowest BCUT2D eigenvalue weighted by molar-refractivity contribution is -0.122. The molecule has 0 aliphatic heterocycles. The van der Waals surface area contributed by atoms with Crippen LogP contribution in [-0.4, -0.2) is 21.7 Å². The molecule has 2 rings (SSSR count). The van der Waals surface area contributed by atoms with Crippen LogP contribution in [0.5, 0.6) is 0 Å². The molecule has 1 aromatic carbocycles. The van der Waals surface area contributed by atoms with Crippen molar-refractivity contribution in [3.63, 3.8) is 0 Å². The molecule has 1 unspecified atom stereocenters. The maximum absolute atomic E-state index is 12.4. The van der Waals surface area contributed by atoms with Gasteiger partial charge in [0.15, 0.2) is 0 Å². The zero-order valence-corrected chi connectivity index (χ0v) is 14.3. The Morgan fingerprint density at radius 1 is 1.17 bits per heavy atom. The lowest BCUT2D eigenvalue weighted by Gasteiger charge is -2.15. The molecule has 0 radical (unpaired) electrons. The van der Waals surface area contributed by atoms with Crippen LogP contribution in [0.1, 0.15) is 39.3 Å². The minimum atomic E-state index is -0.226. The van der Waals surface area contributed by atoms with E-state index in [1.54, 1.807) is 6.07 Å². The van der Waals surface area contributed by atoms with Gasteiger partial charge in [0.2, 0.25) is 5.91 Å². The molecule has 1 amide bonds. The molecule has 5 heteroatoms. The zero-order chi connectivity index (χ0) is 17.0. The van der Waals surface area contributed by atoms with Gasteiger partial charge < -0.3 is 5.32 Å². The van der Waals surface area contributed by atoms with E-state index in [4.69, 9.17) is 0 Å². The van der Waals surface area contributed by atoms with Gasteiger partial charge in [-0.2, -0.15) is 5.10 Å². The van der Waals surface area contributed by atoms with Gasteiger partial charge in [-0.05, 0) is 38.7 Å². The molecule has 0 fully saturated rings. The fourth-order valence-electron chi connectivity index (χ4n) is 2.62. The largest absolute Gasteiger partial charge is 0.352 e. The van der Waals surface area contributed by atoms with Crippen molar-refractivity contribution in [2.45, 2.75) is 53.1 Å². The van der Waals surface area contributed by atoms with Gasteiger partial charge in [-0.25, -0.2) is 4.68 Å². The molecule has 124 valence electrons. The number of hydrogen-bond acceptors (Lipinski definition) is 3. The lowest BCUT2D eigenvalue weighted by atomic mass is 10.0. The highest BCUT2D eigenvalue weighted by molar-refractivity contribution is 5.83. The molecular formula is C18H25N3O2. The number of nitrogens with one attached hydrogen (secondary N) is 1. The predicted octanol–water partition coefficient (Wildman–Crippen LogP) is 2.65. The summed E-state index contributed by atoms with van der Waals surface area (Å²) in [5.41, 5.74) is 0.525. The minimum Gasteiger partial charge on any atom is -0.352 e. The summed E-state index contributed by atoms with van der Waals surface area (Å²) < 4.78 is 1.25. The molecule has 0 saturated heterocycles. The van der Waals surface area contributed by atoms with Crippen molar-refractivity contribution in [3.05, 3.63) is 40.3 Å². The van der Waals surface area contributed by atoms with Crippen LogP contribution in [0, 0.1) is 12.8 Å². The van der Waals surface area contributed by atoms with Gasteiger partial charge in [0.05, 0.1) is 11.1 Å². The van der Waals surface area contributed by atoms with E-state index >= 15 is 0 Å². The number of benzene rings is 1. The second-order valence-electron chi connectivity index (χ2n) is 6.53. The fourth-order valence-corrected chi connectivity index (χ4v) is 2.62. The maximum atomic E-state index is 12.4. The highest BCUT2D eigenvalue weighted by Crippen LogP contribution is 2.11. The fraction of sp³-hybridized carbons (Fsp3) is 0.500. The molecule has 23 heavy (non-hydrogen) atoms. The number of aromatic nitrogens is 2. The molecule has 1 aromatic heterocycles. The van der Waals surface area contributed by atoms with Gasteiger partial charge in [-0.15, -0.1) is 0 Å². The summed E-state index contributed by atoms with van der Waals surface area (Å²) in [5.74, 6) is 0.437. The van der Waals surface area contributed by atoms with E-state index in [0.29, 0.717) is 11.3 Å². The van der Waals surface area contributed by atoms with Crippen molar-refractivity contribution in [2.75, 3.05) is 0 Å². The molecule has 0 saturated carbocycles. The molecule has 2 aromatic rings. The first kappa shape index (κ1) is 17.2. The van der Waals surface area contributed by atoms with Crippen LogP contribution in [0.4, 0.5) is 0 Å². The average molecular weight is 315 g/mol. The SMILES string of the molecule is Cc1nn(CC(=O)NC(C)CCC(C)C)c(=O)c2ccccc12. The molecule has 0 spiro atoms. The number of aryl methyl sites for hydroxylation is 1. The van der Waals surface area contributed by atoms with Crippen LogP contribution in [0.2, 0.25) is 0 Å². The minimum absolute atomic E-state index is 0.0451. The molecule has 5 nitrogen and oxygen atoms in total. The third-order valence-electron chi connectivity index (χ3n) is 3.93. The van der Waals surface area contributed by atoms with Gasteiger partial charge in [-0.3, -0.25) is 9.59 Å². The van der Waals surface area contributed by atoms with Crippen molar-refractivity contribution in [3.8, 4) is 0 Å². The van der Waals surface area contributed by atoms with E-state index in [2.05, 4.69) is 24.3 Å². The third-order valence-corrected chi connectivity index (χ3v) is 3.93. The van der Waals surface area contributed by atoms with E-state index in [-0.39, 0.29) is 24.1 Å². The number of carbonyl (C=O) groups excluding carboxylic acids is 1. The molecule has 1 atom stereocenters. The van der Waals surface area contributed by atoms with E-state index < -0.39 is 0 Å². The lowest BCUT2D eigenvalue weighted by Crippen LogP contribution is -2.38. The highest BCUT2D eigenvalue weighted by Gasteiger charge is 2.12. The maximum Gasteiger partial charge on any atom is 0.275 e. The van der Waals surface area contributed by atoms with Gasteiger partial charge >= 0.3 is 0 Å². The van der Waals surface area contributed by atoms with Gasteiger partial charge in [0.1, 0.15) is 6.54 Å². The molecule has 0 bridgehead atoms. The zero-order valence-electron chi connectivity index (χ0n) is 14.3. The second kappa shape index (κ2) is 7.40. The van der Waals surface area contributed by atoms with Gasteiger partial charge in [-0.1, -0.05) is 32.0 Å². The summed E-state index contributed by atoms with van der Waals surface area (Å²) >= 11 is 0.